The Hall–Kier alpha value is -1.27. The highest BCUT2D eigenvalue weighted by atomic mass is 32.2. The summed E-state index contributed by atoms with van der Waals surface area (Å²) < 4.78 is 24.4. The highest BCUT2D eigenvalue weighted by Crippen LogP contribution is 2.30. The van der Waals surface area contributed by atoms with Gasteiger partial charge in [-0.05, 0) is 49.3 Å². The first kappa shape index (κ1) is 15.1. The van der Waals surface area contributed by atoms with E-state index in [1.165, 1.54) is 6.42 Å². The summed E-state index contributed by atoms with van der Waals surface area (Å²) in [7, 11) is -3.72. The third-order valence-corrected chi connectivity index (χ3v) is 4.19. The molecule has 112 valence electrons. The first-order chi connectivity index (χ1) is 9.32. The monoisotopic (exact) mass is 297 g/mol. The normalized spacial score (nSPS) is 27.1. The minimum absolute atomic E-state index is 0.443. The molecule has 1 aliphatic carbocycles. The summed E-state index contributed by atoms with van der Waals surface area (Å²) in [5.41, 5.74) is 1.40. The Morgan fingerprint density at radius 1 is 1.10 bits per heavy atom. The summed E-state index contributed by atoms with van der Waals surface area (Å²) in [4.78, 5) is 0. The Morgan fingerprint density at radius 2 is 1.70 bits per heavy atom. The molecule has 1 fully saturated rings. The molecule has 0 saturated heterocycles. The molecule has 2 rings (SSSR count). The van der Waals surface area contributed by atoms with Crippen molar-refractivity contribution in [1.29, 1.82) is 0 Å². The van der Waals surface area contributed by atoms with Gasteiger partial charge in [-0.3, -0.25) is 4.72 Å². The van der Waals surface area contributed by atoms with E-state index in [0.717, 1.165) is 30.4 Å². The second-order valence-electron chi connectivity index (χ2n) is 5.99. The molecule has 1 aromatic carbocycles. The Morgan fingerprint density at radius 3 is 2.30 bits per heavy atom. The van der Waals surface area contributed by atoms with E-state index < -0.39 is 10.2 Å². The molecule has 2 atom stereocenters. The summed E-state index contributed by atoms with van der Waals surface area (Å²) in [6, 6.07) is 7.65. The Labute approximate surface area is 121 Å². The van der Waals surface area contributed by atoms with Crippen LogP contribution in [0.2, 0.25) is 0 Å². The fourth-order valence-corrected chi connectivity index (χ4v) is 3.59. The van der Waals surface area contributed by atoms with Crippen molar-refractivity contribution >= 4 is 21.6 Å². The van der Waals surface area contributed by atoms with Gasteiger partial charge in [-0.25, -0.2) is 5.14 Å². The predicted octanol–water partition coefficient (Wildman–Crippen LogP) is 2.54. The molecular weight excluding hydrogens is 274 g/mol. The zero-order valence-electron chi connectivity index (χ0n) is 12.0. The van der Waals surface area contributed by atoms with Crippen LogP contribution >= 0.6 is 0 Å². The highest BCUT2D eigenvalue weighted by molar-refractivity contribution is 7.90. The zero-order valence-corrected chi connectivity index (χ0v) is 12.8. The summed E-state index contributed by atoms with van der Waals surface area (Å²) in [5.74, 6) is 1.45. The average Bonchev–Trinajstić information content (AvgIpc) is 2.25. The molecule has 0 spiro atoms. The Kier molecular flexibility index (Phi) is 4.55. The van der Waals surface area contributed by atoms with E-state index in [9.17, 15) is 8.42 Å². The molecule has 0 radical (unpaired) electrons. The van der Waals surface area contributed by atoms with Crippen LogP contribution in [0.5, 0.6) is 0 Å². The van der Waals surface area contributed by atoms with Crippen molar-refractivity contribution in [2.75, 3.05) is 10.0 Å². The summed E-state index contributed by atoms with van der Waals surface area (Å²) in [6.45, 7) is 4.56. The number of hydrogen-bond donors (Lipinski definition) is 3. The molecule has 1 saturated carbocycles. The third kappa shape index (κ3) is 4.68. The van der Waals surface area contributed by atoms with Crippen molar-refractivity contribution in [3.05, 3.63) is 24.3 Å². The maximum atomic E-state index is 11.0. The van der Waals surface area contributed by atoms with Gasteiger partial charge in [0.1, 0.15) is 0 Å². The van der Waals surface area contributed by atoms with Crippen LogP contribution in [-0.2, 0) is 10.2 Å². The minimum atomic E-state index is -3.72. The molecule has 0 aliphatic heterocycles. The lowest BCUT2D eigenvalue weighted by atomic mass is 9.80. The van der Waals surface area contributed by atoms with Gasteiger partial charge < -0.3 is 5.32 Å². The molecule has 0 heterocycles. The van der Waals surface area contributed by atoms with E-state index in [4.69, 9.17) is 5.14 Å². The number of nitrogens with one attached hydrogen (secondary N) is 2. The lowest BCUT2D eigenvalue weighted by molar-refractivity contribution is 0.281. The SMILES string of the molecule is CC1CC(C)CC(Nc2cccc(NS(N)(=O)=O)c2)C1. The Bertz CT molecular complexity index is 549. The fraction of sp³-hybridized carbons (Fsp3) is 0.571. The molecule has 0 amide bonds. The number of nitrogens with two attached hydrogens (primary N) is 1. The molecule has 5 nitrogen and oxygen atoms in total. The van der Waals surface area contributed by atoms with Crippen molar-refractivity contribution in [1.82, 2.24) is 0 Å². The van der Waals surface area contributed by atoms with E-state index in [2.05, 4.69) is 23.9 Å². The third-order valence-electron chi connectivity index (χ3n) is 3.67. The number of rotatable bonds is 4. The molecule has 6 heteroatoms. The summed E-state index contributed by atoms with van der Waals surface area (Å²) in [5, 5.41) is 8.47. The van der Waals surface area contributed by atoms with Crippen LogP contribution in [0, 0.1) is 11.8 Å². The maximum Gasteiger partial charge on any atom is 0.296 e. The molecule has 1 aliphatic rings. The van der Waals surface area contributed by atoms with E-state index in [-0.39, 0.29) is 0 Å². The minimum Gasteiger partial charge on any atom is -0.382 e. The lowest BCUT2D eigenvalue weighted by Crippen LogP contribution is -2.30. The van der Waals surface area contributed by atoms with Gasteiger partial charge in [-0.2, -0.15) is 8.42 Å². The number of hydrogen-bond acceptors (Lipinski definition) is 3. The quantitative estimate of drug-likeness (QED) is 0.798. The van der Waals surface area contributed by atoms with Crippen molar-refractivity contribution in [2.45, 2.75) is 39.2 Å². The number of anilines is 2. The van der Waals surface area contributed by atoms with Crippen molar-refractivity contribution in [3.63, 3.8) is 0 Å². The van der Waals surface area contributed by atoms with Crippen LogP contribution in [0.3, 0.4) is 0 Å². The average molecular weight is 297 g/mol. The molecule has 0 aromatic heterocycles. The van der Waals surface area contributed by atoms with Crippen molar-refractivity contribution in [2.24, 2.45) is 17.0 Å². The van der Waals surface area contributed by atoms with Crippen LogP contribution in [0.15, 0.2) is 24.3 Å². The summed E-state index contributed by atoms with van der Waals surface area (Å²) >= 11 is 0. The molecule has 4 N–H and O–H groups in total. The lowest BCUT2D eigenvalue weighted by Gasteiger charge is -2.32. The molecule has 1 aromatic rings. The Balaban J connectivity index is 2.04. The zero-order chi connectivity index (χ0) is 14.8. The van der Waals surface area contributed by atoms with Crippen LogP contribution in [0.25, 0.3) is 0 Å². The van der Waals surface area contributed by atoms with Gasteiger partial charge in [0.05, 0.1) is 5.69 Å². The molecule has 0 bridgehead atoms. The number of benzene rings is 1. The highest BCUT2D eigenvalue weighted by Gasteiger charge is 2.23. The topological polar surface area (TPSA) is 84.2 Å². The first-order valence-electron chi connectivity index (χ1n) is 6.99. The van der Waals surface area contributed by atoms with E-state index in [1.54, 1.807) is 12.1 Å². The van der Waals surface area contributed by atoms with Crippen LogP contribution in [-0.4, -0.2) is 14.5 Å². The van der Waals surface area contributed by atoms with E-state index >= 15 is 0 Å². The van der Waals surface area contributed by atoms with E-state index in [1.807, 2.05) is 12.1 Å². The van der Waals surface area contributed by atoms with Gasteiger partial charge in [-0.1, -0.05) is 19.9 Å². The molecular formula is C14H23N3O2S. The van der Waals surface area contributed by atoms with Gasteiger partial charge in [0.15, 0.2) is 0 Å². The van der Waals surface area contributed by atoms with Crippen molar-refractivity contribution < 1.29 is 8.42 Å². The van der Waals surface area contributed by atoms with Crippen LogP contribution < -0.4 is 15.2 Å². The van der Waals surface area contributed by atoms with Gasteiger partial charge in [0, 0.05) is 11.7 Å². The maximum absolute atomic E-state index is 11.0. The first-order valence-corrected chi connectivity index (χ1v) is 8.53. The van der Waals surface area contributed by atoms with Gasteiger partial charge >= 0.3 is 0 Å². The smallest absolute Gasteiger partial charge is 0.296 e. The molecule has 2 unspecified atom stereocenters. The standard InChI is InChI=1S/C14H23N3O2S/c1-10-6-11(2)8-14(7-10)16-12-4-3-5-13(9-12)17-20(15,18)19/h3-5,9-11,14,16-17H,6-8H2,1-2H3,(H2,15,18,19). The van der Waals surface area contributed by atoms with E-state index in [0.29, 0.717) is 11.7 Å². The largest absolute Gasteiger partial charge is 0.382 e. The van der Waals surface area contributed by atoms with Crippen molar-refractivity contribution in [3.8, 4) is 0 Å². The predicted molar refractivity (Wildman–Crippen MR) is 82.8 cm³/mol. The summed E-state index contributed by atoms with van der Waals surface area (Å²) in [6.07, 6.45) is 3.58. The second-order valence-corrected chi connectivity index (χ2v) is 7.28. The van der Waals surface area contributed by atoms with Gasteiger partial charge in [0.25, 0.3) is 10.2 Å². The van der Waals surface area contributed by atoms with Crippen LogP contribution in [0.1, 0.15) is 33.1 Å². The fourth-order valence-electron chi connectivity index (χ4n) is 3.14. The van der Waals surface area contributed by atoms with Gasteiger partial charge in [-0.15, -0.1) is 0 Å². The second kappa shape index (κ2) is 6.01. The molecule has 20 heavy (non-hydrogen) atoms. The van der Waals surface area contributed by atoms with Crippen LogP contribution in [0.4, 0.5) is 11.4 Å². The van der Waals surface area contributed by atoms with Gasteiger partial charge in [0.2, 0.25) is 0 Å².